The van der Waals surface area contributed by atoms with Gasteiger partial charge in [-0.25, -0.2) is 0 Å². The second-order valence-electron chi connectivity index (χ2n) is 5.17. The molecule has 0 saturated heterocycles. The third kappa shape index (κ3) is 2.56. The molecular formula is C19H18O2Si. The molecule has 0 aliphatic heterocycles. The molecule has 0 aliphatic rings. The van der Waals surface area contributed by atoms with Gasteiger partial charge >= 0.3 is 0 Å². The summed E-state index contributed by atoms with van der Waals surface area (Å²) in [7, 11) is -1.32. The van der Waals surface area contributed by atoms with Crippen LogP contribution in [0.15, 0.2) is 84.9 Å². The molecule has 110 valence electrons. The molecule has 0 aliphatic carbocycles. The third-order valence-electron chi connectivity index (χ3n) is 3.89. The molecule has 0 heterocycles. The van der Waals surface area contributed by atoms with Crippen LogP contribution < -0.4 is 20.3 Å². The summed E-state index contributed by atoms with van der Waals surface area (Å²) < 4.78 is 5.23. The summed E-state index contributed by atoms with van der Waals surface area (Å²) >= 11 is 0. The molecule has 0 radical (unpaired) electrons. The van der Waals surface area contributed by atoms with Crippen molar-refractivity contribution in [2.75, 3.05) is 7.11 Å². The molecular weight excluding hydrogens is 288 g/mol. The third-order valence-corrected chi connectivity index (χ3v) is 7.40. The van der Waals surface area contributed by atoms with Crippen LogP contribution in [0.4, 0.5) is 0 Å². The van der Waals surface area contributed by atoms with E-state index in [2.05, 4.69) is 0 Å². The molecule has 3 aromatic carbocycles. The first-order valence-electron chi connectivity index (χ1n) is 7.23. The monoisotopic (exact) mass is 306 g/mol. The lowest BCUT2D eigenvalue weighted by molar-refractivity contribution is 0.415. The number of rotatable bonds is 4. The minimum Gasteiger partial charge on any atom is -0.497 e. The highest BCUT2D eigenvalue weighted by atomic mass is 28.4. The molecule has 0 amide bonds. The van der Waals surface area contributed by atoms with Crippen LogP contribution in [0.2, 0.25) is 0 Å². The Hall–Kier alpha value is -2.36. The van der Waals surface area contributed by atoms with Crippen molar-refractivity contribution >= 4 is 23.9 Å². The molecule has 0 saturated carbocycles. The van der Waals surface area contributed by atoms with E-state index in [0.717, 1.165) is 21.3 Å². The molecule has 1 N–H and O–H groups in total. The fraction of sp³-hybridized carbons (Fsp3) is 0.0526. The summed E-state index contributed by atoms with van der Waals surface area (Å²) in [6.45, 7) is 0. The van der Waals surface area contributed by atoms with Crippen molar-refractivity contribution in [3.63, 3.8) is 0 Å². The maximum absolute atomic E-state index is 11.7. The van der Waals surface area contributed by atoms with Gasteiger partial charge in [0.15, 0.2) is 0 Å². The topological polar surface area (TPSA) is 29.5 Å². The van der Waals surface area contributed by atoms with Gasteiger partial charge in [0.05, 0.1) is 7.11 Å². The lowest BCUT2D eigenvalue weighted by atomic mass is 10.3. The van der Waals surface area contributed by atoms with Crippen molar-refractivity contribution in [2.24, 2.45) is 0 Å². The van der Waals surface area contributed by atoms with Gasteiger partial charge in [0, 0.05) is 0 Å². The summed E-state index contributed by atoms with van der Waals surface area (Å²) in [6.07, 6.45) is 0. The average molecular weight is 306 g/mol. The summed E-state index contributed by atoms with van der Waals surface area (Å²) in [6, 6.07) is 27.6. The van der Waals surface area contributed by atoms with Crippen molar-refractivity contribution in [1.82, 2.24) is 0 Å². The highest BCUT2D eigenvalue weighted by Gasteiger charge is 2.37. The van der Waals surface area contributed by atoms with Crippen LogP contribution >= 0.6 is 0 Å². The first-order valence-corrected chi connectivity index (χ1v) is 9.18. The van der Waals surface area contributed by atoms with Crippen LogP contribution in [0, 0.1) is 0 Å². The lowest BCUT2D eigenvalue weighted by Crippen LogP contribution is -2.67. The summed E-state index contributed by atoms with van der Waals surface area (Å²) in [4.78, 5) is 11.7. The minimum absolute atomic E-state index is 0.793. The van der Waals surface area contributed by atoms with Crippen molar-refractivity contribution in [3.8, 4) is 5.75 Å². The normalized spacial score (nSPS) is 11.2. The smallest absolute Gasteiger partial charge is 0.285 e. The fourth-order valence-corrected chi connectivity index (χ4v) is 5.69. The predicted molar refractivity (Wildman–Crippen MR) is 92.8 cm³/mol. The van der Waals surface area contributed by atoms with E-state index < -0.39 is 8.32 Å². The van der Waals surface area contributed by atoms with E-state index >= 15 is 0 Å². The van der Waals surface area contributed by atoms with E-state index in [4.69, 9.17) is 4.74 Å². The Morgan fingerprint density at radius 2 is 1.05 bits per heavy atom. The Labute approximate surface area is 131 Å². The van der Waals surface area contributed by atoms with E-state index in [1.807, 2.05) is 84.9 Å². The first kappa shape index (κ1) is 14.6. The van der Waals surface area contributed by atoms with Gasteiger partial charge in [0.2, 0.25) is 0 Å². The van der Waals surface area contributed by atoms with E-state index in [0.29, 0.717) is 0 Å². The number of ether oxygens (including phenoxy) is 1. The minimum atomic E-state index is -2.97. The number of methoxy groups -OCH3 is 1. The standard InChI is InChI=1S/C19H18O2Si/c1-21-16-12-14-19(15-13-16)22(20,17-8-4-2-5-9-17)18-10-6-3-7-11-18/h2-15,20H,1H3. The zero-order valence-corrected chi connectivity index (χ0v) is 13.4. The molecule has 3 rings (SSSR count). The van der Waals surface area contributed by atoms with Crippen LogP contribution in [0.1, 0.15) is 0 Å². The van der Waals surface area contributed by atoms with Gasteiger partial charge in [-0.3, -0.25) is 0 Å². The quantitative estimate of drug-likeness (QED) is 0.587. The maximum atomic E-state index is 11.7. The Balaban J connectivity index is 2.18. The van der Waals surface area contributed by atoms with Gasteiger partial charge in [-0.2, -0.15) is 0 Å². The van der Waals surface area contributed by atoms with Gasteiger partial charge in [0.25, 0.3) is 8.32 Å². The van der Waals surface area contributed by atoms with E-state index in [-0.39, 0.29) is 0 Å². The molecule has 2 nitrogen and oxygen atoms in total. The summed E-state index contributed by atoms with van der Waals surface area (Å²) in [5, 5.41) is 2.91. The zero-order chi connectivity index (χ0) is 15.4. The van der Waals surface area contributed by atoms with Crippen molar-refractivity contribution in [1.29, 1.82) is 0 Å². The Morgan fingerprint density at radius 1 is 0.636 bits per heavy atom. The molecule has 0 aromatic heterocycles. The van der Waals surface area contributed by atoms with Crippen molar-refractivity contribution in [3.05, 3.63) is 84.9 Å². The average Bonchev–Trinajstić information content (AvgIpc) is 2.62. The molecule has 0 atom stereocenters. The Bertz CT molecular complexity index is 685. The van der Waals surface area contributed by atoms with Crippen molar-refractivity contribution in [2.45, 2.75) is 0 Å². The second-order valence-corrected chi connectivity index (χ2v) is 8.32. The summed E-state index contributed by atoms with van der Waals surface area (Å²) in [5.41, 5.74) is 0. The predicted octanol–water partition coefficient (Wildman–Crippen LogP) is 1.65. The van der Waals surface area contributed by atoms with Gasteiger partial charge in [0.1, 0.15) is 5.75 Å². The van der Waals surface area contributed by atoms with Crippen LogP contribution in [0.5, 0.6) is 5.75 Å². The second kappa shape index (κ2) is 6.18. The van der Waals surface area contributed by atoms with Crippen LogP contribution in [-0.4, -0.2) is 20.2 Å². The van der Waals surface area contributed by atoms with Crippen molar-refractivity contribution < 1.29 is 9.53 Å². The molecule has 0 fully saturated rings. The van der Waals surface area contributed by atoms with E-state index in [9.17, 15) is 4.80 Å². The zero-order valence-electron chi connectivity index (χ0n) is 12.4. The van der Waals surface area contributed by atoms with Crippen LogP contribution in [0.3, 0.4) is 0 Å². The number of hydrogen-bond donors (Lipinski definition) is 1. The van der Waals surface area contributed by atoms with Gasteiger partial charge < -0.3 is 9.53 Å². The molecule has 22 heavy (non-hydrogen) atoms. The summed E-state index contributed by atoms with van der Waals surface area (Å²) in [5.74, 6) is 0.793. The van der Waals surface area contributed by atoms with Gasteiger partial charge in [-0.15, -0.1) is 0 Å². The first-order chi connectivity index (χ1) is 10.7. The van der Waals surface area contributed by atoms with E-state index in [1.54, 1.807) is 7.11 Å². The highest BCUT2D eigenvalue weighted by molar-refractivity contribution is 7.06. The molecule has 0 bridgehead atoms. The van der Waals surface area contributed by atoms with Gasteiger partial charge in [-0.1, -0.05) is 72.8 Å². The number of benzene rings is 3. The Morgan fingerprint density at radius 3 is 1.45 bits per heavy atom. The molecule has 3 heteroatoms. The molecule has 3 aromatic rings. The van der Waals surface area contributed by atoms with Crippen LogP contribution in [-0.2, 0) is 0 Å². The Kier molecular flexibility index (Phi) is 4.09. The fourth-order valence-electron chi connectivity index (χ4n) is 2.69. The van der Waals surface area contributed by atoms with Gasteiger partial charge in [-0.05, 0) is 27.7 Å². The van der Waals surface area contributed by atoms with Crippen LogP contribution in [0.25, 0.3) is 0 Å². The highest BCUT2D eigenvalue weighted by Crippen LogP contribution is 2.10. The molecule has 0 unspecified atom stereocenters. The SMILES string of the molecule is COc1ccc([Si](O)(c2ccccc2)c2ccccc2)cc1. The lowest BCUT2D eigenvalue weighted by Gasteiger charge is -2.27. The number of hydrogen-bond acceptors (Lipinski definition) is 2. The molecule has 0 spiro atoms. The van der Waals surface area contributed by atoms with E-state index in [1.165, 1.54) is 0 Å². The maximum Gasteiger partial charge on any atom is 0.285 e. The largest absolute Gasteiger partial charge is 0.497 e.